The van der Waals surface area contributed by atoms with Crippen LogP contribution in [0.1, 0.15) is 18.1 Å². The number of phenolic OH excluding ortho intramolecular Hbond substituents is 2. The van der Waals surface area contributed by atoms with Gasteiger partial charge in [-0.05, 0) is 43.2 Å². The molecule has 0 saturated carbocycles. The van der Waals surface area contributed by atoms with Crippen LogP contribution in [0.5, 0.6) is 11.5 Å². The van der Waals surface area contributed by atoms with Crippen molar-refractivity contribution in [2.24, 2.45) is 5.73 Å². The van der Waals surface area contributed by atoms with E-state index in [-0.39, 0.29) is 11.5 Å². The summed E-state index contributed by atoms with van der Waals surface area (Å²) in [6.45, 7) is 3.51. The van der Waals surface area contributed by atoms with Gasteiger partial charge in [-0.2, -0.15) is 0 Å². The monoisotopic (exact) mass is 286 g/mol. The number of nitrogens with two attached hydrogens (primary N) is 1. The van der Waals surface area contributed by atoms with Crippen LogP contribution in [0.25, 0.3) is 0 Å². The summed E-state index contributed by atoms with van der Waals surface area (Å²) < 4.78 is 0. The topological polar surface area (TPSA) is 95.6 Å². The molecule has 0 aliphatic carbocycles. The lowest BCUT2D eigenvalue weighted by molar-refractivity contribution is -0.122. The van der Waals surface area contributed by atoms with Crippen molar-refractivity contribution >= 4 is 11.6 Å². The maximum absolute atomic E-state index is 12.0. The molecule has 0 aliphatic heterocycles. The highest BCUT2D eigenvalue weighted by Gasteiger charge is 2.34. The van der Waals surface area contributed by atoms with Crippen LogP contribution in [0.3, 0.4) is 0 Å². The van der Waals surface area contributed by atoms with E-state index in [2.05, 4.69) is 5.32 Å². The first-order valence-electron chi connectivity index (χ1n) is 6.50. The molecule has 0 saturated heterocycles. The number of anilines is 1. The molecule has 2 aromatic carbocycles. The Labute approximate surface area is 123 Å². The Morgan fingerprint density at radius 3 is 2.24 bits per heavy atom. The average molecular weight is 286 g/mol. The van der Waals surface area contributed by atoms with Gasteiger partial charge in [-0.1, -0.05) is 18.2 Å². The van der Waals surface area contributed by atoms with Gasteiger partial charge in [-0.3, -0.25) is 4.79 Å². The fourth-order valence-corrected chi connectivity index (χ4v) is 2.14. The zero-order valence-corrected chi connectivity index (χ0v) is 11.9. The third-order valence-electron chi connectivity index (χ3n) is 3.50. The van der Waals surface area contributed by atoms with Crippen LogP contribution in [0.15, 0.2) is 42.5 Å². The molecule has 110 valence electrons. The van der Waals surface area contributed by atoms with Crippen molar-refractivity contribution in [1.29, 1.82) is 0 Å². The van der Waals surface area contributed by atoms with Gasteiger partial charge in [0.25, 0.3) is 0 Å². The standard InChI is InChI=1S/C16H18N2O3/c1-10-5-3-4-6-14(10)18-16(2,15(17)21)11-7-12(19)9-13(20)8-11/h3-9,18-20H,1-2H3,(H2,17,21). The minimum Gasteiger partial charge on any atom is -0.508 e. The van der Waals surface area contributed by atoms with E-state index >= 15 is 0 Å². The van der Waals surface area contributed by atoms with Gasteiger partial charge in [0.05, 0.1) is 0 Å². The van der Waals surface area contributed by atoms with Crippen molar-refractivity contribution < 1.29 is 15.0 Å². The first-order valence-corrected chi connectivity index (χ1v) is 6.50. The van der Waals surface area contributed by atoms with Crippen LogP contribution >= 0.6 is 0 Å². The lowest BCUT2D eigenvalue weighted by Gasteiger charge is -2.30. The molecule has 0 heterocycles. The molecule has 0 spiro atoms. The largest absolute Gasteiger partial charge is 0.508 e. The number of amides is 1. The predicted molar refractivity (Wildman–Crippen MR) is 81.1 cm³/mol. The van der Waals surface area contributed by atoms with Crippen molar-refractivity contribution in [2.45, 2.75) is 19.4 Å². The van der Waals surface area contributed by atoms with Crippen molar-refractivity contribution in [1.82, 2.24) is 0 Å². The zero-order chi connectivity index (χ0) is 15.6. The van der Waals surface area contributed by atoms with Gasteiger partial charge in [0.15, 0.2) is 0 Å². The lowest BCUT2D eigenvalue weighted by Crippen LogP contribution is -2.45. The first-order chi connectivity index (χ1) is 9.83. The molecule has 5 nitrogen and oxygen atoms in total. The molecule has 5 N–H and O–H groups in total. The Balaban J connectivity index is 2.50. The molecule has 0 radical (unpaired) electrons. The summed E-state index contributed by atoms with van der Waals surface area (Å²) in [5.74, 6) is -0.885. The molecule has 0 fully saturated rings. The second-order valence-corrected chi connectivity index (χ2v) is 5.17. The number of nitrogens with one attached hydrogen (secondary N) is 1. The third-order valence-corrected chi connectivity index (χ3v) is 3.50. The van der Waals surface area contributed by atoms with E-state index in [0.29, 0.717) is 5.56 Å². The number of aromatic hydroxyl groups is 2. The number of para-hydroxylation sites is 1. The average Bonchev–Trinajstić information content (AvgIpc) is 2.40. The zero-order valence-electron chi connectivity index (χ0n) is 11.9. The van der Waals surface area contributed by atoms with Gasteiger partial charge in [0.1, 0.15) is 17.0 Å². The van der Waals surface area contributed by atoms with E-state index in [9.17, 15) is 15.0 Å². The fourth-order valence-electron chi connectivity index (χ4n) is 2.14. The second-order valence-electron chi connectivity index (χ2n) is 5.17. The molecular weight excluding hydrogens is 268 g/mol. The first kappa shape index (κ1) is 14.7. The van der Waals surface area contributed by atoms with Crippen LogP contribution in [0, 0.1) is 6.92 Å². The fraction of sp³-hybridized carbons (Fsp3) is 0.188. The minimum absolute atomic E-state index is 0.135. The SMILES string of the molecule is Cc1ccccc1NC(C)(C(N)=O)c1cc(O)cc(O)c1. The highest BCUT2D eigenvalue weighted by Crippen LogP contribution is 2.32. The summed E-state index contributed by atoms with van der Waals surface area (Å²) in [6.07, 6.45) is 0. The summed E-state index contributed by atoms with van der Waals surface area (Å²) >= 11 is 0. The number of rotatable bonds is 4. The molecule has 0 aromatic heterocycles. The number of benzene rings is 2. The van der Waals surface area contributed by atoms with Gasteiger partial charge in [-0.15, -0.1) is 0 Å². The molecular formula is C16H18N2O3. The van der Waals surface area contributed by atoms with Gasteiger partial charge >= 0.3 is 0 Å². The van der Waals surface area contributed by atoms with Gasteiger partial charge in [0, 0.05) is 11.8 Å². The number of primary amides is 1. The van der Waals surface area contributed by atoms with Crippen molar-refractivity contribution in [3.05, 3.63) is 53.6 Å². The van der Waals surface area contributed by atoms with E-state index in [1.807, 2.05) is 31.2 Å². The third kappa shape index (κ3) is 2.91. The number of hydrogen-bond acceptors (Lipinski definition) is 4. The van der Waals surface area contributed by atoms with Gasteiger partial charge in [0.2, 0.25) is 5.91 Å². The summed E-state index contributed by atoms with van der Waals surface area (Å²) in [7, 11) is 0. The highest BCUT2D eigenvalue weighted by atomic mass is 16.3. The van der Waals surface area contributed by atoms with Gasteiger partial charge in [-0.25, -0.2) is 0 Å². The van der Waals surface area contributed by atoms with Crippen LogP contribution in [-0.4, -0.2) is 16.1 Å². The number of hydrogen-bond donors (Lipinski definition) is 4. The van der Waals surface area contributed by atoms with Crippen molar-refractivity contribution in [3.8, 4) is 11.5 Å². The number of phenols is 2. The van der Waals surface area contributed by atoms with Crippen molar-refractivity contribution in [3.63, 3.8) is 0 Å². The molecule has 0 aliphatic rings. The highest BCUT2D eigenvalue weighted by molar-refractivity contribution is 5.89. The van der Waals surface area contributed by atoms with Gasteiger partial charge < -0.3 is 21.3 Å². The molecule has 0 bridgehead atoms. The van der Waals surface area contributed by atoms with Crippen LogP contribution < -0.4 is 11.1 Å². The quantitative estimate of drug-likeness (QED) is 0.693. The molecule has 5 heteroatoms. The summed E-state index contributed by atoms with van der Waals surface area (Å²) in [4.78, 5) is 12.0. The Morgan fingerprint density at radius 1 is 1.14 bits per heavy atom. The normalized spacial score (nSPS) is 13.4. The maximum Gasteiger partial charge on any atom is 0.247 e. The summed E-state index contributed by atoms with van der Waals surface area (Å²) in [6, 6.07) is 11.5. The van der Waals surface area contributed by atoms with Crippen LogP contribution in [-0.2, 0) is 10.3 Å². The van der Waals surface area contributed by atoms with Crippen LogP contribution in [0.4, 0.5) is 5.69 Å². The Bertz CT molecular complexity index is 665. The molecule has 1 atom stereocenters. The van der Waals surface area contributed by atoms with E-state index in [1.165, 1.54) is 18.2 Å². The smallest absolute Gasteiger partial charge is 0.247 e. The van der Waals surface area contributed by atoms with E-state index in [1.54, 1.807) is 6.92 Å². The number of aryl methyl sites for hydroxylation is 1. The summed E-state index contributed by atoms with van der Waals surface area (Å²) in [5, 5.41) is 22.3. The molecule has 21 heavy (non-hydrogen) atoms. The molecule has 1 unspecified atom stereocenters. The van der Waals surface area contributed by atoms with E-state index in [4.69, 9.17) is 5.73 Å². The molecule has 2 aromatic rings. The Hall–Kier alpha value is -2.69. The molecule has 2 rings (SSSR count). The minimum atomic E-state index is -1.26. The number of carbonyl (C=O) groups excluding carboxylic acids is 1. The summed E-state index contributed by atoms with van der Waals surface area (Å²) in [5.41, 5.74) is 6.36. The number of carbonyl (C=O) groups is 1. The Kier molecular flexibility index (Phi) is 3.76. The predicted octanol–water partition coefficient (Wildman–Crippen LogP) is 2.22. The lowest BCUT2D eigenvalue weighted by atomic mass is 9.90. The van der Waals surface area contributed by atoms with Crippen molar-refractivity contribution in [2.75, 3.05) is 5.32 Å². The Morgan fingerprint density at radius 2 is 1.71 bits per heavy atom. The molecule has 1 amide bonds. The maximum atomic E-state index is 12.0. The second kappa shape index (κ2) is 5.36. The van der Waals surface area contributed by atoms with E-state index < -0.39 is 11.4 Å². The van der Waals surface area contributed by atoms with Crippen LogP contribution in [0.2, 0.25) is 0 Å². The van der Waals surface area contributed by atoms with E-state index in [0.717, 1.165) is 11.3 Å².